The molecule has 0 radical (unpaired) electrons. The molecule has 0 aliphatic rings. The zero-order chi connectivity index (χ0) is 18.7. The second-order valence-corrected chi connectivity index (χ2v) is 6.53. The Morgan fingerprint density at radius 2 is 1.73 bits per heavy atom. The van der Waals surface area contributed by atoms with E-state index in [1.165, 1.54) is 19.1 Å². The van der Waals surface area contributed by atoms with Gasteiger partial charge in [0, 0.05) is 16.1 Å². The van der Waals surface area contributed by atoms with Gasteiger partial charge in [0.25, 0.3) is 5.91 Å². The van der Waals surface area contributed by atoms with Gasteiger partial charge in [0.15, 0.2) is 6.10 Å². The van der Waals surface area contributed by atoms with Crippen molar-refractivity contribution in [1.29, 1.82) is 0 Å². The van der Waals surface area contributed by atoms with Crippen molar-refractivity contribution in [1.82, 2.24) is 0 Å². The molecule has 3 aromatic carbocycles. The van der Waals surface area contributed by atoms with Gasteiger partial charge in [0.1, 0.15) is 0 Å². The van der Waals surface area contributed by atoms with Gasteiger partial charge in [0.05, 0.1) is 10.6 Å². The number of rotatable bonds is 4. The molecule has 0 aliphatic heterocycles. The Bertz CT molecular complexity index is 982. The van der Waals surface area contributed by atoms with Gasteiger partial charge in [-0.3, -0.25) is 4.79 Å². The summed E-state index contributed by atoms with van der Waals surface area (Å²) in [5.41, 5.74) is 0.765. The summed E-state index contributed by atoms with van der Waals surface area (Å²) in [5, 5.41) is 5.26. The van der Waals surface area contributed by atoms with Crippen molar-refractivity contribution in [3.8, 4) is 0 Å². The summed E-state index contributed by atoms with van der Waals surface area (Å²) in [5.74, 6) is -1.15. The van der Waals surface area contributed by atoms with Gasteiger partial charge in [-0.2, -0.15) is 0 Å². The molecular weight excluding hydrogens is 373 g/mol. The molecule has 0 fully saturated rings. The first-order chi connectivity index (χ1) is 12.5. The van der Waals surface area contributed by atoms with Crippen LogP contribution >= 0.6 is 23.2 Å². The SMILES string of the molecule is C[C@@H](OC(=O)c1cc(Cl)ccc1Cl)C(=O)Nc1cccc2ccccc12. The topological polar surface area (TPSA) is 55.4 Å². The van der Waals surface area contributed by atoms with Crippen molar-refractivity contribution < 1.29 is 14.3 Å². The number of benzene rings is 3. The Morgan fingerprint density at radius 3 is 2.54 bits per heavy atom. The molecule has 132 valence electrons. The molecule has 0 heterocycles. The lowest BCUT2D eigenvalue weighted by Gasteiger charge is -2.15. The van der Waals surface area contributed by atoms with Gasteiger partial charge in [0.2, 0.25) is 0 Å². The number of carbonyl (C=O) groups is 2. The van der Waals surface area contributed by atoms with Gasteiger partial charge in [-0.25, -0.2) is 4.79 Å². The Hall–Kier alpha value is -2.56. The lowest BCUT2D eigenvalue weighted by Crippen LogP contribution is -2.30. The third kappa shape index (κ3) is 3.98. The van der Waals surface area contributed by atoms with Crippen molar-refractivity contribution in [2.24, 2.45) is 0 Å². The molecule has 0 aromatic heterocycles. The van der Waals surface area contributed by atoms with E-state index in [-0.39, 0.29) is 10.6 Å². The van der Waals surface area contributed by atoms with Crippen LogP contribution in [0.5, 0.6) is 0 Å². The number of ether oxygens (including phenoxy) is 1. The highest BCUT2D eigenvalue weighted by atomic mass is 35.5. The number of amides is 1. The van der Waals surface area contributed by atoms with Crippen LogP contribution in [-0.2, 0) is 9.53 Å². The van der Waals surface area contributed by atoms with Gasteiger partial charge in [-0.1, -0.05) is 59.6 Å². The van der Waals surface area contributed by atoms with E-state index in [0.717, 1.165) is 10.8 Å². The smallest absolute Gasteiger partial charge is 0.340 e. The molecule has 0 unspecified atom stereocenters. The van der Waals surface area contributed by atoms with Crippen LogP contribution in [0.25, 0.3) is 10.8 Å². The van der Waals surface area contributed by atoms with Crippen LogP contribution < -0.4 is 5.32 Å². The summed E-state index contributed by atoms with van der Waals surface area (Å²) < 4.78 is 5.22. The first-order valence-corrected chi connectivity index (χ1v) is 8.66. The summed E-state index contributed by atoms with van der Waals surface area (Å²) >= 11 is 11.9. The average Bonchev–Trinajstić information content (AvgIpc) is 2.63. The van der Waals surface area contributed by atoms with E-state index >= 15 is 0 Å². The number of hydrogen-bond donors (Lipinski definition) is 1. The van der Waals surface area contributed by atoms with Crippen LogP contribution in [0.4, 0.5) is 5.69 Å². The fourth-order valence-electron chi connectivity index (χ4n) is 2.50. The van der Waals surface area contributed by atoms with E-state index in [2.05, 4.69) is 5.32 Å². The second-order valence-electron chi connectivity index (χ2n) is 5.69. The number of halogens is 2. The first kappa shape index (κ1) is 18.2. The summed E-state index contributed by atoms with van der Waals surface area (Å²) in [6, 6.07) is 17.7. The maximum absolute atomic E-state index is 12.4. The number of esters is 1. The molecule has 3 rings (SSSR count). The number of nitrogens with one attached hydrogen (secondary N) is 1. The molecule has 1 amide bonds. The minimum absolute atomic E-state index is 0.115. The van der Waals surface area contributed by atoms with Crippen LogP contribution in [0.15, 0.2) is 60.7 Å². The molecule has 1 N–H and O–H groups in total. The Labute approximate surface area is 160 Å². The molecular formula is C20H15Cl2NO3. The summed E-state index contributed by atoms with van der Waals surface area (Å²) in [4.78, 5) is 24.7. The van der Waals surface area contributed by atoms with Crippen molar-refractivity contribution in [2.75, 3.05) is 5.32 Å². The Kier molecular flexibility index (Phi) is 5.45. The Morgan fingerprint density at radius 1 is 1.00 bits per heavy atom. The van der Waals surface area contributed by atoms with Gasteiger partial charge < -0.3 is 10.1 Å². The maximum atomic E-state index is 12.4. The summed E-state index contributed by atoms with van der Waals surface area (Å²) in [6.45, 7) is 1.50. The van der Waals surface area contributed by atoms with Crippen LogP contribution in [0.2, 0.25) is 10.0 Å². The maximum Gasteiger partial charge on any atom is 0.340 e. The van der Waals surface area contributed by atoms with E-state index in [4.69, 9.17) is 27.9 Å². The van der Waals surface area contributed by atoms with E-state index in [1.54, 1.807) is 12.1 Å². The number of hydrogen-bond acceptors (Lipinski definition) is 3. The van der Waals surface area contributed by atoms with Gasteiger partial charge in [-0.15, -0.1) is 0 Å². The average molecular weight is 388 g/mol. The molecule has 0 aliphatic carbocycles. The normalized spacial score (nSPS) is 11.8. The third-order valence-electron chi connectivity index (χ3n) is 3.85. The van der Waals surface area contributed by atoms with Crippen molar-refractivity contribution >= 4 is 51.5 Å². The summed E-state index contributed by atoms with van der Waals surface area (Å²) in [6.07, 6.45) is -1.00. The highest BCUT2D eigenvalue weighted by molar-refractivity contribution is 6.35. The highest BCUT2D eigenvalue weighted by Crippen LogP contribution is 2.24. The lowest BCUT2D eigenvalue weighted by molar-refractivity contribution is -0.123. The van der Waals surface area contributed by atoms with Crippen LogP contribution in [-0.4, -0.2) is 18.0 Å². The van der Waals surface area contributed by atoms with Crippen LogP contribution in [0.1, 0.15) is 17.3 Å². The first-order valence-electron chi connectivity index (χ1n) is 7.90. The minimum atomic E-state index is -1.00. The monoisotopic (exact) mass is 387 g/mol. The zero-order valence-corrected chi connectivity index (χ0v) is 15.3. The quantitative estimate of drug-likeness (QED) is 0.615. The van der Waals surface area contributed by atoms with Crippen LogP contribution in [0.3, 0.4) is 0 Å². The molecule has 4 nitrogen and oxygen atoms in total. The zero-order valence-electron chi connectivity index (χ0n) is 13.8. The number of carbonyl (C=O) groups excluding carboxylic acids is 2. The van der Waals surface area contributed by atoms with E-state index in [1.807, 2.05) is 36.4 Å². The fraction of sp³-hybridized carbons (Fsp3) is 0.100. The van der Waals surface area contributed by atoms with Crippen LogP contribution in [0, 0.1) is 0 Å². The lowest BCUT2D eigenvalue weighted by atomic mass is 10.1. The largest absolute Gasteiger partial charge is 0.449 e. The van der Waals surface area contributed by atoms with Crippen molar-refractivity contribution in [3.05, 3.63) is 76.3 Å². The highest BCUT2D eigenvalue weighted by Gasteiger charge is 2.21. The molecule has 0 saturated carbocycles. The molecule has 0 spiro atoms. The molecule has 3 aromatic rings. The molecule has 0 bridgehead atoms. The Balaban J connectivity index is 1.73. The van der Waals surface area contributed by atoms with Gasteiger partial charge in [-0.05, 0) is 36.6 Å². The minimum Gasteiger partial charge on any atom is -0.449 e. The van der Waals surface area contributed by atoms with Gasteiger partial charge >= 0.3 is 5.97 Å². The fourth-order valence-corrected chi connectivity index (χ4v) is 2.87. The molecule has 6 heteroatoms. The van der Waals surface area contributed by atoms with E-state index in [9.17, 15) is 9.59 Å². The molecule has 0 saturated heterocycles. The molecule has 1 atom stereocenters. The number of anilines is 1. The predicted octanol–water partition coefficient (Wildman–Crippen LogP) is 5.33. The van der Waals surface area contributed by atoms with Crippen molar-refractivity contribution in [3.63, 3.8) is 0 Å². The number of fused-ring (bicyclic) bond motifs is 1. The van der Waals surface area contributed by atoms with E-state index < -0.39 is 18.0 Å². The standard InChI is InChI=1S/C20H15Cl2NO3/c1-12(26-20(25)16-11-14(21)9-10-17(16)22)19(24)23-18-8-4-6-13-5-2-3-7-15(13)18/h2-12H,1H3,(H,23,24)/t12-/m1/s1. The van der Waals surface area contributed by atoms with Crippen molar-refractivity contribution in [2.45, 2.75) is 13.0 Å². The van der Waals surface area contributed by atoms with E-state index in [0.29, 0.717) is 10.7 Å². The second kappa shape index (κ2) is 7.77. The molecule has 26 heavy (non-hydrogen) atoms. The predicted molar refractivity (Wildman–Crippen MR) is 104 cm³/mol. The summed E-state index contributed by atoms with van der Waals surface area (Å²) in [7, 11) is 0. The third-order valence-corrected chi connectivity index (χ3v) is 4.41.